The molecule has 1 aromatic carbocycles. The first-order valence-electron chi connectivity index (χ1n) is 7.46. The second-order valence-corrected chi connectivity index (χ2v) is 5.96. The third-order valence-corrected chi connectivity index (χ3v) is 4.54. The van der Waals surface area contributed by atoms with E-state index in [1.54, 1.807) is 4.90 Å². The zero-order valence-corrected chi connectivity index (χ0v) is 11.9. The van der Waals surface area contributed by atoms with Gasteiger partial charge in [0, 0.05) is 19.1 Å². The van der Waals surface area contributed by atoms with E-state index in [-0.39, 0.29) is 6.03 Å². The Labute approximate surface area is 123 Å². The van der Waals surface area contributed by atoms with Gasteiger partial charge in [-0.3, -0.25) is 4.79 Å². The van der Waals surface area contributed by atoms with Gasteiger partial charge in [0.15, 0.2) is 0 Å². The fourth-order valence-electron chi connectivity index (χ4n) is 2.97. The molecule has 1 saturated heterocycles. The normalized spacial score (nSPS) is 20.9. The fraction of sp³-hybridized carbons (Fsp3) is 0.500. The largest absolute Gasteiger partial charge is 0.481 e. The molecule has 0 aromatic heterocycles. The molecule has 0 radical (unpaired) electrons. The van der Waals surface area contributed by atoms with E-state index in [0.717, 1.165) is 18.4 Å². The number of likely N-dealkylation sites (tertiary alicyclic amines) is 1. The van der Waals surface area contributed by atoms with Gasteiger partial charge in [-0.1, -0.05) is 30.3 Å². The van der Waals surface area contributed by atoms with Crippen molar-refractivity contribution >= 4 is 12.0 Å². The number of nitrogens with zero attached hydrogens (tertiary/aromatic N) is 1. The summed E-state index contributed by atoms with van der Waals surface area (Å²) >= 11 is 0. The van der Waals surface area contributed by atoms with Crippen molar-refractivity contribution in [3.05, 3.63) is 35.9 Å². The zero-order chi connectivity index (χ0) is 14.9. The average Bonchev–Trinajstić information content (AvgIpc) is 3.32. The van der Waals surface area contributed by atoms with E-state index in [9.17, 15) is 14.7 Å². The predicted octanol–water partition coefficient (Wildman–Crippen LogP) is 1.98. The molecular weight excluding hydrogens is 268 g/mol. The van der Waals surface area contributed by atoms with Gasteiger partial charge in [0.25, 0.3) is 0 Å². The van der Waals surface area contributed by atoms with Crippen LogP contribution in [0.1, 0.15) is 31.2 Å². The summed E-state index contributed by atoms with van der Waals surface area (Å²) < 4.78 is 0. The molecule has 5 nitrogen and oxygen atoms in total. The Morgan fingerprint density at radius 3 is 2.29 bits per heavy atom. The lowest BCUT2D eigenvalue weighted by molar-refractivity contribution is -0.145. The van der Waals surface area contributed by atoms with E-state index >= 15 is 0 Å². The monoisotopic (exact) mass is 288 g/mol. The van der Waals surface area contributed by atoms with Crippen molar-refractivity contribution in [3.8, 4) is 0 Å². The highest BCUT2D eigenvalue weighted by Gasteiger charge is 2.44. The van der Waals surface area contributed by atoms with Crippen LogP contribution in [0.4, 0.5) is 4.79 Å². The van der Waals surface area contributed by atoms with Crippen LogP contribution >= 0.6 is 0 Å². The number of rotatable bonds is 3. The molecule has 2 amide bonds. The molecule has 0 unspecified atom stereocenters. The van der Waals surface area contributed by atoms with E-state index in [0.29, 0.717) is 32.0 Å². The summed E-state index contributed by atoms with van der Waals surface area (Å²) in [5.41, 5.74) is -0.0304. The van der Waals surface area contributed by atoms with Crippen LogP contribution in [0.3, 0.4) is 0 Å². The molecule has 2 N–H and O–H groups in total. The number of carbonyl (C=O) groups excluding carboxylic acids is 1. The van der Waals surface area contributed by atoms with E-state index in [4.69, 9.17) is 0 Å². The second kappa shape index (κ2) is 5.39. The minimum absolute atomic E-state index is 0.0513. The maximum absolute atomic E-state index is 12.0. The number of carbonyl (C=O) groups is 2. The Kier molecular flexibility index (Phi) is 3.57. The van der Waals surface area contributed by atoms with Crippen molar-refractivity contribution in [2.24, 2.45) is 0 Å². The Hall–Kier alpha value is -2.04. The molecular formula is C16H20N2O3. The van der Waals surface area contributed by atoms with Crippen LogP contribution < -0.4 is 5.32 Å². The molecule has 2 aliphatic rings. The van der Waals surface area contributed by atoms with Crippen molar-refractivity contribution in [1.29, 1.82) is 0 Å². The summed E-state index contributed by atoms with van der Waals surface area (Å²) in [5, 5.41) is 12.7. The van der Waals surface area contributed by atoms with E-state index < -0.39 is 11.4 Å². The third-order valence-electron chi connectivity index (χ3n) is 4.54. The third kappa shape index (κ3) is 2.73. The first-order chi connectivity index (χ1) is 10.1. The number of amides is 2. The molecule has 0 spiro atoms. The van der Waals surface area contributed by atoms with Crippen molar-refractivity contribution in [2.45, 2.75) is 37.1 Å². The molecule has 1 aromatic rings. The Morgan fingerprint density at radius 2 is 1.76 bits per heavy atom. The molecule has 1 aliphatic carbocycles. The standard InChI is InChI=1S/C16H20N2O3/c19-14(20)16(12-4-2-1-3-5-12)8-10-18(11-9-16)15(21)17-13-6-7-13/h1-5,13H,6-11H2,(H,17,21)(H,19,20). The maximum atomic E-state index is 12.0. The molecule has 1 heterocycles. The molecule has 112 valence electrons. The van der Waals surface area contributed by atoms with Crippen molar-refractivity contribution < 1.29 is 14.7 Å². The maximum Gasteiger partial charge on any atom is 0.317 e. The van der Waals surface area contributed by atoms with Crippen LogP contribution in [-0.4, -0.2) is 41.1 Å². The number of urea groups is 1. The fourth-order valence-corrected chi connectivity index (χ4v) is 2.97. The summed E-state index contributed by atoms with van der Waals surface area (Å²) in [5.74, 6) is -0.795. The molecule has 5 heteroatoms. The van der Waals surface area contributed by atoms with Gasteiger partial charge < -0.3 is 15.3 Å². The Bertz CT molecular complexity index is 532. The lowest BCUT2D eigenvalue weighted by atomic mass is 9.73. The van der Waals surface area contributed by atoms with Crippen LogP contribution in [0.15, 0.2) is 30.3 Å². The van der Waals surface area contributed by atoms with Gasteiger partial charge in [-0.25, -0.2) is 4.79 Å². The Balaban J connectivity index is 1.71. The SMILES string of the molecule is O=C(NC1CC1)N1CCC(C(=O)O)(c2ccccc2)CC1. The van der Waals surface area contributed by atoms with Crippen LogP contribution in [0.25, 0.3) is 0 Å². The summed E-state index contributed by atoms with van der Waals surface area (Å²) in [6.45, 7) is 0.972. The van der Waals surface area contributed by atoms with Gasteiger partial charge in [-0.15, -0.1) is 0 Å². The highest BCUT2D eigenvalue weighted by atomic mass is 16.4. The first kappa shape index (κ1) is 13.9. The van der Waals surface area contributed by atoms with Crippen molar-refractivity contribution in [3.63, 3.8) is 0 Å². The van der Waals surface area contributed by atoms with Crippen molar-refractivity contribution in [1.82, 2.24) is 10.2 Å². The van der Waals surface area contributed by atoms with Gasteiger partial charge in [-0.2, -0.15) is 0 Å². The number of piperidine rings is 1. The number of benzene rings is 1. The van der Waals surface area contributed by atoms with Gasteiger partial charge in [0.2, 0.25) is 0 Å². The highest BCUT2D eigenvalue weighted by molar-refractivity contribution is 5.82. The quantitative estimate of drug-likeness (QED) is 0.893. The second-order valence-electron chi connectivity index (χ2n) is 5.96. The Morgan fingerprint density at radius 1 is 1.14 bits per heavy atom. The van der Waals surface area contributed by atoms with Crippen LogP contribution in [0.2, 0.25) is 0 Å². The van der Waals surface area contributed by atoms with E-state index in [2.05, 4.69) is 5.32 Å². The number of hydrogen-bond donors (Lipinski definition) is 2. The minimum Gasteiger partial charge on any atom is -0.481 e. The summed E-state index contributed by atoms with van der Waals surface area (Å²) in [4.78, 5) is 25.6. The zero-order valence-electron chi connectivity index (χ0n) is 11.9. The topological polar surface area (TPSA) is 69.6 Å². The number of aliphatic carboxylic acids is 1. The summed E-state index contributed by atoms with van der Waals surface area (Å²) in [7, 11) is 0. The number of carboxylic acids is 1. The number of carboxylic acid groups (broad SMARTS) is 1. The van der Waals surface area contributed by atoms with E-state index in [1.165, 1.54) is 0 Å². The lowest BCUT2D eigenvalue weighted by Crippen LogP contribution is -2.51. The molecule has 0 atom stereocenters. The van der Waals surface area contributed by atoms with Gasteiger partial charge in [-0.05, 0) is 31.2 Å². The van der Waals surface area contributed by atoms with Crippen LogP contribution in [-0.2, 0) is 10.2 Å². The van der Waals surface area contributed by atoms with E-state index in [1.807, 2.05) is 30.3 Å². The number of hydrogen-bond acceptors (Lipinski definition) is 2. The molecule has 2 fully saturated rings. The summed E-state index contributed by atoms with van der Waals surface area (Å²) in [6.07, 6.45) is 3.04. The number of nitrogens with one attached hydrogen (secondary N) is 1. The smallest absolute Gasteiger partial charge is 0.317 e. The molecule has 1 aliphatic heterocycles. The van der Waals surface area contributed by atoms with Gasteiger partial charge in [0.05, 0.1) is 5.41 Å². The summed E-state index contributed by atoms with van der Waals surface area (Å²) in [6, 6.07) is 9.64. The van der Waals surface area contributed by atoms with Crippen molar-refractivity contribution in [2.75, 3.05) is 13.1 Å². The molecule has 3 rings (SSSR count). The van der Waals surface area contributed by atoms with Gasteiger partial charge in [0.1, 0.15) is 0 Å². The lowest BCUT2D eigenvalue weighted by Gasteiger charge is -2.39. The van der Waals surface area contributed by atoms with Gasteiger partial charge >= 0.3 is 12.0 Å². The highest BCUT2D eigenvalue weighted by Crippen LogP contribution is 2.36. The van der Waals surface area contributed by atoms with Crippen LogP contribution in [0.5, 0.6) is 0 Å². The van der Waals surface area contributed by atoms with Crippen LogP contribution in [0, 0.1) is 0 Å². The predicted molar refractivity (Wildman–Crippen MR) is 78.1 cm³/mol. The molecule has 1 saturated carbocycles. The minimum atomic E-state index is -0.863. The average molecular weight is 288 g/mol. The molecule has 21 heavy (non-hydrogen) atoms. The first-order valence-corrected chi connectivity index (χ1v) is 7.46. The molecule has 0 bridgehead atoms.